The van der Waals surface area contributed by atoms with Crippen molar-refractivity contribution < 1.29 is 4.79 Å². The summed E-state index contributed by atoms with van der Waals surface area (Å²) in [7, 11) is 0. The summed E-state index contributed by atoms with van der Waals surface area (Å²) in [6.07, 6.45) is 1.49. The maximum absolute atomic E-state index is 11.8. The Morgan fingerprint density at radius 2 is 1.84 bits per heavy atom. The summed E-state index contributed by atoms with van der Waals surface area (Å²) in [6, 6.07) is 14.4. The Morgan fingerprint density at radius 1 is 1.11 bits per heavy atom. The van der Waals surface area contributed by atoms with Gasteiger partial charge >= 0.3 is 0 Å². The molecule has 100 valence electrons. The Bertz CT molecular complexity index is 560. The molecule has 0 bridgehead atoms. The number of amides is 1. The van der Waals surface area contributed by atoms with E-state index in [2.05, 4.69) is 43.4 Å². The SMILES string of the molecule is CC(C)CCNC(=O)Cc1ccc2ccccc2c1. The van der Waals surface area contributed by atoms with Gasteiger partial charge in [0.05, 0.1) is 6.42 Å². The highest BCUT2D eigenvalue weighted by Crippen LogP contribution is 2.15. The fraction of sp³-hybridized carbons (Fsp3) is 0.353. The first-order valence-corrected chi connectivity index (χ1v) is 6.89. The molecule has 0 saturated carbocycles. The Labute approximate surface area is 114 Å². The van der Waals surface area contributed by atoms with E-state index < -0.39 is 0 Å². The van der Waals surface area contributed by atoms with Crippen LogP contribution in [0, 0.1) is 5.92 Å². The van der Waals surface area contributed by atoms with E-state index >= 15 is 0 Å². The molecule has 0 aromatic heterocycles. The van der Waals surface area contributed by atoms with Crippen molar-refractivity contribution in [3.05, 3.63) is 48.0 Å². The van der Waals surface area contributed by atoms with Crippen LogP contribution in [0.3, 0.4) is 0 Å². The fourth-order valence-corrected chi connectivity index (χ4v) is 2.10. The van der Waals surface area contributed by atoms with Gasteiger partial charge in [0.25, 0.3) is 0 Å². The van der Waals surface area contributed by atoms with Crippen molar-refractivity contribution in [1.82, 2.24) is 5.32 Å². The van der Waals surface area contributed by atoms with Gasteiger partial charge in [-0.3, -0.25) is 4.79 Å². The average molecular weight is 255 g/mol. The van der Waals surface area contributed by atoms with Crippen LogP contribution in [-0.2, 0) is 11.2 Å². The molecule has 2 aromatic rings. The molecule has 0 saturated heterocycles. The third kappa shape index (κ3) is 4.09. The van der Waals surface area contributed by atoms with E-state index in [1.165, 1.54) is 10.8 Å². The lowest BCUT2D eigenvalue weighted by molar-refractivity contribution is -0.120. The summed E-state index contributed by atoms with van der Waals surface area (Å²) < 4.78 is 0. The zero-order valence-electron chi connectivity index (χ0n) is 11.6. The summed E-state index contributed by atoms with van der Waals surface area (Å²) in [5, 5.41) is 5.38. The second-order valence-corrected chi connectivity index (χ2v) is 5.39. The molecule has 2 rings (SSSR count). The van der Waals surface area contributed by atoms with Gasteiger partial charge < -0.3 is 5.32 Å². The quantitative estimate of drug-likeness (QED) is 0.870. The zero-order valence-corrected chi connectivity index (χ0v) is 11.6. The third-order valence-corrected chi connectivity index (χ3v) is 3.22. The van der Waals surface area contributed by atoms with Gasteiger partial charge in [-0.25, -0.2) is 0 Å². The van der Waals surface area contributed by atoms with Gasteiger partial charge in [0.2, 0.25) is 5.91 Å². The number of benzene rings is 2. The lowest BCUT2D eigenvalue weighted by atomic mass is 10.0. The van der Waals surface area contributed by atoms with Gasteiger partial charge in [-0.05, 0) is 28.7 Å². The molecule has 0 aliphatic carbocycles. The van der Waals surface area contributed by atoms with Crippen LogP contribution in [0.25, 0.3) is 10.8 Å². The third-order valence-electron chi connectivity index (χ3n) is 3.22. The molecule has 2 aromatic carbocycles. The lowest BCUT2D eigenvalue weighted by Crippen LogP contribution is -2.26. The van der Waals surface area contributed by atoms with Gasteiger partial charge in [-0.15, -0.1) is 0 Å². The van der Waals surface area contributed by atoms with Crippen molar-refractivity contribution >= 4 is 16.7 Å². The van der Waals surface area contributed by atoms with E-state index in [-0.39, 0.29) is 5.91 Å². The van der Waals surface area contributed by atoms with Crippen LogP contribution in [0.1, 0.15) is 25.8 Å². The minimum Gasteiger partial charge on any atom is -0.356 e. The largest absolute Gasteiger partial charge is 0.356 e. The van der Waals surface area contributed by atoms with Crippen LogP contribution in [0.2, 0.25) is 0 Å². The maximum Gasteiger partial charge on any atom is 0.224 e. The van der Waals surface area contributed by atoms with Crippen molar-refractivity contribution in [2.75, 3.05) is 6.54 Å². The van der Waals surface area contributed by atoms with Crippen molar-refractivity contribution in [1.29, 1.82) is 0 Å². The summed E-state index contributed by atoms with van der Waals surface area (Å²) in [5.74, 6) is 0.733. The van der Waals surface area contributed by atoms with Crippen LogP contribution in [0.15, 0.2) is 42.5 Å². The summed E-state index contributed by atoms with van der Waals surface area (Å²) in [5.41, 5.74) is 1.07. The molecular formula is C17H21NO. The molecule has 0 unspecified atom stereocenters. The highest BCUT2D eigenvalue weighted by atomic mass is 16.1. The van der Waals surface area contributed by atoms with E-state index in [1.807, 2.05) is 18.2 Å². The minimum absolute atomic E-state index is 0.107. The van der Waals surface area contributed by atoms with Gasteiger partial charge in [-0.2, -0.15) is 0 Å². The fourth-order valence-electron chi connectivity index (χ4n) is 2.10. The van der Waals surface area contributed by atoms with E-state index in [9.17, 15) is 4.79 Å². The first-order chi connectivity index (χ1) is 9.15. The molecule has 0 aliphatic rings. The minimum atomic E-state index is 0.107. The number of hydrogen-bond donors (Lipinski definition) is 1. The predicted molar refractivity (Wildman–Crippen MR) is 80.1 cm³/mol. The zero-order chi connectivity index (χ0) is 13.7. The van der Waals surface area contributed by atoms with Crippen LogP contribution in [0.5, 0.6) is 0 Å². The van der Waals surface area contributed by atoms with Crippen LogP contribution >= 0.6 is 0 Å². The smallest absolute Gasteiger partial charge is 0.224 e. The highest BCUT2D eigenvalue weighted by molar-refractivity contribution is 5.85. The van der Waals surface area contributed by atoms with Crippen molar-refractivity contribution in [2.24, 2.45) is 5.92 Å². The second kappa shape index (κ2) is 6.37. The normalized spacial score (nSPS) is 10.9. The number of rotatable bonds is 5. The number of fused-ring (bicyclic) bond motifs is 1. The molecule has 2 nitrogen and oxygen atoms in total. The van der Waals surface area contributed by atoms with E-state index in [1.54, 1.807) is 0 Å². The Hall–Kier alpha value is -1.83. The summed E-state index contributed by atoms with van der Waals surface area (Å²) in [4.78, 5) is 11.8. The summed E-state index contributed by atoms with van der Waals surface area (Å²) >= 11 is 0. The second-order valence-electron chi connectivity index (χ2n) is 5.39. The molecule has 2 heteroatoms. The molecular weight excluding hydrogens is 234 g/mol. The summed E-state index contributed by atoms with van der Waals surface area (Å²) in [6.45, 7) is 5.09. The highest BCUT2D eigenvalue weighted by Gasteiger charge is 2.04. The number of hydrogen-bond acceptors (Lipinski definition) is 1. The van der Waals surface area contributed by atoms with Gasteiger partial charge in [-0.1, -0.05) is 56.3 Å². The van der Waals surface area contributed by atoms with Crippen molar-refractivity contribution in [3.8, 4) is 0 Å². The molecule has 0 aliphatic heterocycles. The first kappa shape index (κ1) is 13.6. The van der Waals surface area contributed by atoms with Crippen LogP contribution in [0.4, 0.5) is 0 Å². The van der Waals surface area contributed by atoms with Crippen molar-refractivity contribution in [3.63, 3.8) is 0 Å². The number of carbonyl (C=O) groups is 1. The molecule has 1 N–H and O–H groups in total. The predicted octanol–water partition coefficient (Wildman–Crippen LogP) is 3.54. The average Bonchev–Trinajstić information content (AvgIpc) is 2.38. The Balaban J connectivity index is 1.95. The Morgan fingerprint density at radius 3 is 2.58 bits per heavy atom. The van der Waals surface area contributed by atoms with E-state index in [0.29, 0.717) is 12.3 Å². The van der Waals surface area contributed by atoms with Gasteiger partial charge in [0.1, 0.15) is 0 Å². The van der Waals surface area contributed by atoms with E-state index in [0.717, 1.165) is 18.5 Å². The lowest BCUT2D eigenvalue weighted by Gasteiger charge is -2.07. The Kier molecular flexibility index (Phi) is 4.56. The molecule has 19 heavy (non-hydrogen) atoms. The number of carbonyl (C=O) groups excluding carboxylic acids is 1. The van der Waals surface area contributed by atoms with Gasteiger partial charge in [0.15, 0.2) is 0 Å². The molecule has 0 atom stereocenters. The molecule has 0 radical (unpaired) electrons. The molecule has 0 fully saturated rings. The van der Waals surface area contributed by atoms with Gasteiger partial charge in [0, 0.05) is 6.54 Å². The van der Waals surface area contributed by atoms with Crippen LogP contribution < -0.4 is 5.32 Å². The molecule has 0 heterocycles. The van der Waals surface area contributed by atoms with E-state index in [4.69, 9.17) is 0 Å². The maximum atomic E-state index is 11.8. The van der Waals surface area contributed by atoms with Crippen LogP contribution in [-0.4, -0.2) is 12.5 Å². The first-order valence-electron chi connectivity index (χ1n) is 6.89. The van der Waals surface area contributed by atoms with Crippen molar-refractivity contribution in [2.45, 2.75) is 26.7 Å². The number of nitrogens with one attached hydrogen (secondary N) is 1. The monoisotopic (exact) mass is 255 g/mol. The molecule has 0 spiro atoms. The topological polar surface area (TPSA) is 29.1 Å². The standard InChI is InChI=1S/C17H21NO/c1-13(2)9-10-18-17(19)12-14-7-8-15-5-3-4-6-16(15)11-14/h3-8,11,13H,9-10,12H2,1-2H3,(H,18,19). The molecule has 1 amide bonds.